The Bertz CT molecular complexity index is 496. The number of anilines is 1. The maximum absolute atomic E-state index is 12.1. The molecule has 2 N–H and O–H groups in total. The average molecular weight is 269 g/mol. The van der Waals surface area contributed by atoms with Gasteiger partial charge in [0, 0.05) is 6.20 Å². The Morgan fingerprint density at radius 3 is 2.72 bits per heavy atom. The lowest BCUT2D eigenvalue weighted by Gasteiger charge is -2.14. The molecule has 1 aliphatic heterocycles. The van der Waals surface area contributed by atoms with Crippen LogP contribution >= 0.6 is 0 Å². The van der Waals surface area contributed by atoms with Gasteiger partial charge in [0.05, 0.1) is 11.4 Å². The van der Waals surface area contributed by atoms with Gasteiger partial charge in [0.25, 0.3) is 0 Å². The predicted molar refractivity (Wildman–Crippen MR) is 71.0 cm³/mol. The van der Waals surface area contributed by atoms with Gasteiger partial charge in [-0.15, -0.1) is 0 Å². The fraction of sp³-hybridized carbons (Fsp3) is 0.583. The lowest BCUT2D eigenvalue weighted by molar-refractivity contribution is 0.340. The first-order valence-corrected chi connectivity index (χ1v) is 7.90. The summed E-state index contributed by atoms with van der Waals surface area (Å²) >= 11 is 0. The molecule has 0 aliphatic carbocycles. The Labute approximate surface area is 108 Å². The zero-order valence-electron chi connectivity index (χ0n) is 10.4. The van der Waals surface area contributed by atoms with Crippen molar-refractivity contribution in [3.63, 3.8) is 0 Å². The molecular formula is C12H19N3O2S. The molecule has 6 heteroatoms. The quantitative estimate of drug-likeness (QED) is 0.860. The van der Waals surface area contributed by atoms with Gasteiger partial charge in [0.15, 0.2) is 14.9 Å². The van der Waals surface area contributed by atoms with Gasteiger partial charge >= 0.3 is 0 Å². The molecule has 0 spiro atoms. The van der Waals surface area contributed by atoms with E-state index in [4.69, 9.17) is 5.73 Å². The van der Waals surface area contributed by atoms with Gasteiger partial charge in [-0.2, -0.15) is 0 Å². The van der Waals surface area contributed by atoms with E-state index in [-0.39, 0.29) is 16.5 Å². The van der Waals surface area contributed by atoms with Crippen LogP contribution < -0.4 is 5.73 Å². The van der Waals surface area contributed by atoms with Crippen molar-refractivity contribution in [2.45, 2.75) is 24.3 Å². The van der Waals surface area contributed by atoms with E-state index in [2.05, 4.69) is 9.88 Å². The lowest BCUT2D eigenvalue weighted by atomic mass is 10.4. The summed E-state index contributed by atoms with van der Waals surface area (Å²) in [6.07, 6.45) is 4.54. The van der Waals surface area contributed by atoms with E-state index in [1.165, 1.54) is 19.0 Å². The SMILES string of the molecule is Nc1cccnc1S(=O)(=O)CCCN1CCCC1. The fourth-order valence-corrected chi connectivity index (χ4v) is 3.60. The minimum atomic E-state index is -3.35. The van der Waals surface area contributed by atoms with Gasteiger partial charge in [-0.3, -0.25) is 0 Å². The minimum Gasteiger partial charge on any atom is -0.396 e. The highest BCUT2D eigenvalue weighted by Gasteiger charge is 2.19. The van der Waals surface area contributed by atoms with Crippen LogP contribution in [0.1, 0.15) is 19.3 Å². The lowest BCUT2D eigenvalue weighted by Crippen LogP contribution is -2.23. The number of hydrogen-bond acceptors (Lipinski definition) is 5. The fourth-order valence-electron chi connectivity index (χ4n) is 2.24. The number of likely N-dealkylation sites (tertiary alicyclic amines) is 1. The van der Waals surface area contributed by atoms with Gasteiger partial charge in [0.1, 0.15) is 0 Å². The van der Waals surface area contributed by atoms with E-state index in [1.807, 2.05) is 0 Å². The van der Waals surface area contributed by atoms with E-state index in [1.54, 1.807) is 12.1 Å². The number of aromatic nitrogens is 1. The van der Waals surface area contributed by atoms with E-state index < -0.39 is 9.84 Å². The molecule has 2 heterocycles. The summed E-state index contributed by atoms with van der Waals surface area (Å²) < 4.78 is 24.1. The van der Waals surface area contributed by atoms with Crippen LogP contribution in [0.5, 0.6) is 0 Å². The molecule has 0 unspecified atom stereocenters. The van der Waals surface area contributed by atoms with Crippen molar-refractivity contribution in [2.24, 2.45) is 0 Å². The van der Waals surface area contributed by atoms with E-state index >= 15 is 0 Å². The third-order valence-corrected chi connectivity index (χ3v) is 4.94. The zero-order chi connectivity index (χ0) is 13.0. The predicted octanol–water partition coefficient (Wildman–Crippen LogP) is 0.923. The second-order valence-electron chi connectivity index (χ2n) is 4.62. The first kappa shape index (κ1) is 13.3. The molecule has 0 aromatic carbocycles. The molecule has 1 aliphatic rings. The molecule has 1 saturated heterocycles. The van der Waals surface area contributed by atoms with Gasteiger partial charge in [-0.1, -0.05) is 0 Å². The summed E-state index contributed by atoms with van der Waals surface area (Å²) in [5.74, 6) is 0.116. The third kappa shape index (κ3) is 3.20. The van der Waals surface area contributed by atoms with Crippen molar-refractivity contribution < 1.29 is 8.42 Å². The van der Waals surface area contributed by atoms with Crippen molar-refractivity contribution in [1.82, 2.24) is 9.88 Å². The first-order valence-electron chi connectivity index (χ1n) is 6.25. The van der Waals surface area contributed by atoms with Crippen LogP contribution in [0.3, 0.4) is 0 Å². The van der Waals surface area contributed by atoms with Crippen molar-refractivity contribution in [1.29, 1.82) is 0 Å². The largest absolute Gasteiger partial charge is 0.396 e. The highest BCUT2D eigenvalue weighted by Crippen LogP contribution is 2.17. The molecular weight excluding hydrogens is 250 g/mol. The van der Waals surface area contributed by atoms with E-state index in [0.717, 1.165) is 19.6 Å². The van der Waals surface area contributed by atoms with Crippen LogP contribution in [0.4, 0.5) is 5.69 Å². The molecule has 1 fully saturated rings. The van der Waals surface area contributed by atoms with Crippen molar-refractivity contribution >= 4 is 15.5 Å². The van der Waals surface area contributed by atoms with Crippen LogP contribution in [0.15, 0.2) is 23.4 Å². The molecule has 18 heavy (non-hydrogen) atoms. The molecule has 100 valence electrons. The van der Waals surface area contributed by atoms with Gasteiger partial charge in [0.2, 0.25) is 0 Å². The van der Waals surface area contributed by atoms with Gasteiger partial charge < -0.3 is 10.6 Å². The van der Waals surface area contributed by atoms with Crippen LogP contribution in [0.2, 0.25) is 0 Å². The van der Waals surface area contributed by atoms with E-state index in [9.17, 15) is 8.42 Å². The first-order chi connectivity index (χ1) is 8.59. The molecule has 1 aromatic heterocycles. The van der Waals surface area contributed by atoms with Crippen LogP contribution in [-0.4, -0.2) is 43.7 Å². The Morgan fingerprint density at radius 1 is 1.33 bits per heavy atom. The van der Waals surface area contributed by atoms with Crippen molar-refractivity contribution in [2.75, 3.05) is 31.1 Å². The molecule has 2 rings (SSSR count). The smallest absolute Gasteiger partial charge is 0.197 e. The molecule has 0 atom stereocenters. The molecule has 0 radical (unpaired) electrons. The Morgan fingerprint density at radius 2 is 2.06 bits per heavy atom. The van der Waals surface area contributed by atoms with E-state index in [0.29, 0.717) is 6.42 Å². The topological polar surface area (TPSA) is 76.3 Å². The summed E-state index contributed by atoms with van der Waals surface area (Å²) in [7, 11) is -3.35. The number of hydrogen-bond donors (Lipinski definition) is 1. The minimum absolute atomic E-state index is 0.0198. The Kier molecular flexibility index (Phi) is 4.19. The number of sulfone groups is 1. The monoisotopic (exact) mass is 269 g/mol. The highest BCUT2D eigenvalue weighted by molar-refractivity contribution is 7.91. The Balaban J connectivity index is 1.93. The molecule has 1 aromatic rings. The molecule has 0 saturated carbocycles. The molecule has 5 nitrogen and oxygen atoms in total. The number of rotatable bonds is 5. The summed E-state index contributed by atoms with van der Waals surface area (Å²) in [5.41, 5.74) is 5.88. The summed E-state index contributed by atoms with van der Waals surface area (Å²) in [6, 6.07) is 3.21. The standard InChI is InChI=1S/C12H19N3O2S/c13-11-5-3-6-14-12(11)18(16,17)10-4-9-15-7-1-2-8-15/h3,5-6H,1-2,4,7-10,13H2. The normalized spacial score (nSPS) is 17.1. The van der Waals surface area contributed by atoms with Crippen molar-refractivity contribution in [3.8, 4) is 0 Å². The maximum atomic E-state index is 12.1. The third-order valence-electron chi connectivity index (χ3n) is 3.18. The van der Waals surface area contributed by atoms with Crippen LogP contribution in [0, 0.1) is 0 Å². The van der Waals surface area contributed by atoms with Crippen LogP contribution in [-0.2, 0) is 9.84 Å². The molecule has 0 amide bonds. The molecule has 0 bridgehead atoms. The number of nitrogens with zero attached hydrogens (tertiary/aromatic N) is 2. The van der Waals surface area contributed by atoms with Gasteiger partial charge in [-0.25, -0.2) is 13.4 Å². The van der Waals surface area contributed by atoms with Gasteiger partial charge in [-0.05, 0) is 51.0 Å². The number of nitrogens with two attached hydrogens (primary N) is 1. The number of pyridine rings is 1. The number of nitrogen functional groups attached to an aromatic ring is 1. The zero-order valence-corrected chi connectivity index (χ0v) is 11.2. The highest BCUT2D eigenvalue weighted by atomic mass is 32.2. The van der Waals surface area contributed by atoms with Crippen molar-refractivity contribution in [3.05, 3.63) is 18.3 Å². The summed E-state index contributed by atoms with van der Waals surface area (Å²) in [4.78, 5) is 6.18. The summed E-state index contributed by atoms with van der Waals surface area (Å²) in [6.45, 7) is 3.02. The summed E-state index contributed by atoms with van der Waals surface area (Å²) in [5, 5.41) is 0.0198. The van der Waals surface area contributed by atoms with Crippen LogP contribution in [0.25, 0.3) is 0 Å². The second kappa shape index (κ2) is 5.67. The average Bonchev–Trinajstić information content (AvgIpc) is 2.82. The Hall–Kier alpha value is -1.14. The second-order valence-corrected chi connectivity index (χ2v) is 6.64. The maximum Gasteiger partial charge on any atom is 0.197 e.